The van der Waals surface area contributed by atoms with E-state index in [0.717, 1.165) is 4.90 Å². The van der Waals surface area contributed by atoms with Crippen molar-refractivity contribution >= 4 is 26.7 Å². The van der Waals surface area contributed by atoms with Gasteiger partial charge in [-0.3, -0.25) is 0 Å². The molecule has 0 saturated heterocycles. The summed E-state index contributed by atoms with van der Waals surface area (Å²) >= 11 is 3.08. The van der Waals surface area contributed by atoms with Crippen LogP contribution in [0.4, 0.5) is 0 Å². The smallest absolute Gasteiger partial charge is 0.0914 e. The molecule has 0 N–H and O–H groups in total. The van der Waals surface area contributed by atoms with Gasteiger partial charge in [0.2, 0.25) is 0 Å². The standard InChI is InChI=1S/C8H7BrOS/c1-7(9)11(10)8-5-3-2-4-6-8/h2-6H,1H2. The Bertz CT molecular complexity index is 281. The van der Waals surface area contributed by atoms with Gasteiger partial charge in [0, 0.05) is 4.90 Å². The van der Waals surface area contributed by atoms with Crippen LogP contribution in [0.2, 0.25) is 0 Å². The normalized spacial score (nSPS) is 12.5. The molecule has 0 spiro atoms. The zero-order valence-electron chi connectivity index (χ0n) is 5.79. The van der Waals surface area contributed by atoms with Crippen LogP contribution in [0.1, 0.15) is 0 Å². The first-order valence-corrected chi connectivity index (χ1v) is 4.97. The highest BCUT2D eigenvalue weighted by Gasteiger charge is 2.02. The van der Waals surface area contributed by atoms with Gasteiger partial charge in [-0.2, -0.15) is 0 Å². The van der Waals surface area contributed by atoms with Gasteiger partial charge in [0.1, 0.15) is 0 Å². The Morgan fingerprint density at radius 2 is 1.91 bits per heavy atom. The van der Waals surface area contributed by atoms with Crippen LogP contribution >= 0.6 is 15.9 Å². The Balaban J connectivity index is 2.95. The molecule has 1 aromatic rings. The van der Waals surface area contributed by atoms with E-state index in [2.05, 4.69) is 22.5 Å². The van der Waals surface area contributed by atoms with Crippen LogP contribution in [0.15, 0.2) is 45.6 Å². The Hall–Kier alpha value is -0.410. The summed E-state index contributed by atoms with van der Waals surface area (Å²) in [6, 6.07) is 9.20. The quantitative estimate of drug-likeness (QED) is 0.764. The number of halogens is 1. The van der Waals surface area contributed by atoms with Crippen LogP contribution in [0.3, 0.4) is 0 Å². The number of rotatable bonds is 2. The number of hydrogen-bond donors (Lipinski definition) is 0. The van der Waals surface area contributed by atoms with Crippen LogP contribution in [0.5, 0.6) is 0 Å². The van der Waals surface area contributed by atoms with E-state index >= 15 is 0 Å². The first-order chi connectivity index (χ1) is 5.22. The molecule has 0 amide bonds. The van der Waals surface area contributed by atoms with Gasteiger partial charge < -0.3 is 0 Å². The minimum absolute atomic E-state index is 0.503. The first kappa shape index (κ1) is 8.68. The third kappa shape index (κ3) is 2.27. The van der Waals surface area contributed by atoms with E-state index in [4.69, 9.17) is 0 Å². The summed E-state index contributed by atoms with van der Waals surface area (Å²) in [6.45, 7) is 3.55. The summed E-state index contributed by atoms with van der Waals surface area (Å²) < 4.78 is 11.8. The van der Waals surface area contributed by atoms with Gasteiger partial charge >= 0.3 is 0 Å². The SMILES string of the molecule is C=C(Br)S(=O)c1ccccc1. The van der Waals surface area contributed by atoms with Gasteiger partial charge in [0.15, 0.2) is 0 Å². The van der Waals surface area contributed by atoms with E-state index in [1.54, 1.807) is 0 Å². The van der Waals surface area contributed by atoms with Crippen molar-refractivity contribution in [3.63, 3.8) is 0 Å². The zero-order valence-corrected chi connectivity index (χ0v) is 8.19. The molecule has 1 unspecified atom stereocenters. The topological polar surface area (TPSA) is 17.1 Å². The third-order valence-electron chi connectivity index (χ3n) is 1.16. The molecule has 0 fully saturated rings. The van der Waals surface area contributed by atoms with E-state index in [1.807, 2.05) is 30.3 Å². The summed E-state index contributed by atoms with van der Waals surface area (Å²) in [5, 5.41) is 0. The molecule has 58 valence electrons. The molecule has 0 aromatic heterocycles. The lowest BCUT2D eigenvalue weighted by atomic mass is 10.4. The summed E-state index contributed by atoms with van der Waals surface area (Å²) in [5.41, 5.74) is 0. The molecule has 0 aliphatic rings. The summed E-state index contributed by atoms with van der Waals surface area (Å²) in [7, 11) is -1.11. The number of benzene rings is 1. The maximum atomic E-state index is 11.3. The monoisotopic (exact) mass is 230 g/mol. The zero-order chi connectivity index (χ0) is 8.27. The Morgan fingerprint density at radius 3 is 2.36 bits per heavy atom. The summed E-state index contributed by atoms with van der Waals surface area (Å²) in [6.07, 6.45) is 0. The molecule has 0 aliphatic carbocycles. The maximum absolute atomic E-state index is 11.3. The lowest BCUT2D eigenvalue weighted by molar-refractivity contribution is 0.688. The predicted molar refractivity (Wildman–Crippen MR) is 50.9 cm³/mol. The molecule has 0 saturated carbocycles. The highest BCUT2D eigenvalue weighted by molar-refractivity contribution is 9.13. The Labute approximate surface area is 76.7 Å². The van der Waals surface area contributed by atoms with Crippen molar-refractivity contribution in [3.05, 3.63) is 40.7 Å². The van der Waals surface area contributed by atoms with Crippen LogP contribution in [-0.2, 0) is 10.8 Å². The second-order valence-electron chi connectivity index (χ2n) is 1.94. The fourth-order valence-corrected chi connectivity index (χ4v) is 1.89. The lowest BCUT2D eigenvalue weighted by Gasteiger charge is -1.96. The molecule has 1 rings (SSSR count). The molecular formula is C8H7BrOS. The van der Waals surface area contributed by atoms with Gasteiger partial charge in [-0.1, -0.05) is 24.8 Å². The van der Waals surface area contributed by atoms with E-state index in [9.17, 15) is 4.21 Å². The predicted octanol–water partition coefficient (Wildman–Crippen LogP) is 2.66. The second kappa shape index (κ2) is 3.83. The third-order valence-corrected chi connectivity index (χ3v) is 3.14. The van der Waals surface area contributed by atoms with Crippen molar-refractivity contribution in [2.45, 2.75) is 4.90 Å². The molecule has 0 bridgehead atoms. The van der Waals surface area contributed by atoms with Crippen molar-refractivity contribution in [1.29, 1.82) is 0 Å². The highest BCUT2D eigenvalue weighted by atomic mass is 79.9. The fraction of sp³-hybridized carbons (Fsp3) is 0. The molecule has 11 heavy (non-hydrogen) atoms. The average molecular weight is 231 g/mol. The van der Waals surface area contributed by atoms with Gasteiger partial charge in [-0.15, -0.1) is 0 Å². The molecule has 0 radical (unpaired) electrons. The van der Waals surface area contributed by atoms with Gasteiger partial charge in [-0.05, 0) is 28.1 Å². The lowest BCUT2D eigenvalue weighted by Crippen LogP contribution is -1.87. The second-order valence-corrected chi connectivity index (χ2v) is 4.92. The fourth-order valence-electron chi connectivity index (χ4n) is 0.672. The van der Waals surface area contributed by atoms with Crippen molar-refractivity contribution in [1.82, 2.24) is 0 Å². The molecule has 3 heteroatoms. The Morgan fingerprint density at radius 1 is 1.36 bits per heavy atom. The van der Waals surface area contributed by atoms with Crippen molar-refractivity contribution < 1.29 is 4.21 Å². The van der Waals surface area contributed by atoms with Crippen LogP contribution in [0, 0.1) is 0 Å². The number of hydrogen-bond acceptors (Lipinski definition) is 1. The van der Waals surface area contributed by atoms with Gasteiger partial charge in [-0.25, -0.2) is 4.21 Å². The van der Waals surface area contributed by atoms with Crippen LogP contribution < -0.4 is 0 Å². The minimum Gasteiger partial charge on any atom is -0.249 e. The van der Waals surface area contributed by atoms with Crippen molar-refractivity contribution in [3.8, 4) is 0 Å². The maximum Gasteiger partial charge on any atom is 0.0914 e. The average Bonchev–Trinajstić information content (AvgIpc) is 2.05. The van der Waals surface area contributed by atoms with E-state index < -0.39 is 10.8 Å². The van der Waals surface area contributed by atoms with Crippen molar-refractivity contribution in [2.24, 2.45) is 0 Å². The molecular weight excluding hydrogens is 224 g/mol. The largest absolute Gasteiger partial charge is 0.249 e. The molecule has 1 aromatic carbocycles. The van der Waals surface area contributed by atoms with Gasteiger partial charge in [0.05, 0.1) is 14.6 Å². The van der Waals surface area contributed by atoms with Crippen LogP contribution in [-0.4, -0.2) is 4.21 Å². The summed E-state index contributed by atoms with van der Waals surface area (Å²) in [5.74, 6) is 0. The van der Waals surface area contributed by atoms with Gasteiger partial charge in [0.25, 0.3) is 0 Å². The minimum atomic E-state index is -1.11. The van der Waals surface area contributed by atoms with E-state index in [1.165, 1.54) is 0 Å². The van der Waals surface area contributed by atoms with Crippen LogP contribution in [0.25, 0.3) is 0 Å². The molecule has 0 aliphatic heterocycles. The van der Waals surface area contributed by atoms with E-state index in [0.29, 0.717) is 3.81 Å². The highest BCUT2D eigenvalue weighted by Crippen LogP contribution is 2.16. The molecule has 0 heterocycles. The molecule has 1 atom stereocenters. The van der Waals surface area contributed by atoms with Crippen molar-refractivity contribution in [2.75, 3.05) is 0 Å². The molecule has 1 nitrogen and oxygen atoms in total. The first-order valence-electron chi connectivity index (χ1n) is 3.03. The Kier molecular flexibility index (Phi) is 3.02. The van der Waals surface area contributed by atoms with E-state index in [-0.39, 0.29) is 0 Å². The summed E-state index contributed by atoms with van der Waals surface area (Å²) in [4.78, 5) is 0.773.